The lowest BCUT2D eigenvalue weighted by molar-refractivity contribution is 0.289. The molecule has 0 aliphatic carbocycles. The van der Waals surface area contributed by atoms with Crippen LogP contribution in [0.3, 0.4) is 0 Å². The van der Waals surface area contributed by atoms with Gasteiger partial charge in [0.1, 0.15) is 11.6 Å². The van der Waals surface area contributed by atoms with Crippen LogP contribution in [-0.4, -0.2) is 16.8 Å². The van der Waals surface area contributed by atoms with E-state index in [4.69, 9.17) is 10.00 Å². The Bertz CT molecular complexity index is 360. The lowest BCUT2D eigenvalue weighted by Crippen LogP contribution is -2.02. The van der Waals surface area contributed by atoms with E-state index in [1.165, 1.54) is 38.3 Å². The molecule has 0 fully saturated rings. The number of hydrogen-bond donors (Lipinski definition) is 0. The van der Waals surface area contributed by atoms with Crippen molar-refractivity contribution >= 4 is 0 Å². The fourth-order valence-corrected chi connectivity index (χ4v) is 1.56. The molecule has 1 aromatic heterocycles. The van der Waals surface area contributed by atoms with E-state index in [1.54, 1.807) is 6.07 Å². The van der Waals surface area contributed by atoms with Crippen LogP contribution in [0.1, 0.15) is 51.0 Å². The predicted molar refractivity (Wildman–Crippen MR) is 65.6 cm³/mol. The Hall–Kier alpha value is -1.63. The van der Waals surface area contributed by atoms with Crippen molar-refractivity contribution in [3.63, 3.8) is 0 Å². The molecule has 17 heavy (non-hydrogen) atoms. The Kier molecular flexibility index (Phi) is 6.73. The van der Waals surface area contributed by atoms with Crippen molar-refractivity contribution in [3.8, 4) is 11.9 Å². The Morgan fingerprint density at radius 3 is 2.76 bits per heavy atom. The summed E-state index contributed by atoms with van der Waals surface area (Å²) in [7, 11) is 0. The minimum absolute atomic E-state index is 0.351. The van der Waals surface area contributed by atoms with Crippen LogP contribution in [0.25, 0.3) is 0 Å². The Morgan fingerprint density at radius 2 is 2.00 bits per heavy atom. The first-order valence-electron chi connectivity index (χ1n) is 6.23. The van der Waals surface area contributed by atoms with Gasteiger partial charge in [-0.1, -0.05) is 39.0 Å². The van der Waals surface area contributed by atoms with Crippen LogP contribution in [0.5, 0.6) is 5.88 Å². The molecule has 0 bridgehead atoms. The Balaban J connectivity index is 2.16. The van der Waals surface area contributed by atoms with Crippen molar-refractivity contribution in [1.82, 2.24) is 10.2 Å². The standard InChI is InChI=1S/C13H19N3O/c1-2-3-4-5-6-7-10-17-13-12(11-14)8-9-15-16-13/h8-9H,2-7,10H2,1H3. The van der Waals surface area contributed by atoms with Gasteiger partial charge in [-0.05, 0) is 12.5 Å². The number of unbranched alkanes of at least 4 members (excludes halogenated alkanes) is 5. The topological polar surface area (TPSA) is 58.8 Å². The van der Waals surface area contributed by atoms with E-state index in [-0.39, 0.29) is 0 Å². The summed E-state index contributed by atoms with van der Waals surface area (Å²) in [6.45, 7) is 2.82. The number of nitriles is 1. The fraction of sp³-hybridized carbons (Fsp3) is 0.615. The van der Waals surface area contributed by atoms with Crippen LogP contribution >= 0.6 is 0 Å². The van der Waals surface area contributed by atoms with Gasteiger partial charge in [0.05, 0.1) is 12.8 Å². The van der Waals surface area contributed by atoms with Gasteiger partial charge in [0.15, 0.2) is 0 Å². The second-order valence-corrected chi connectivity index (χ2v) is 3.98. The summed E-state index contributed by atoms with van der Waals surface area (Å²) < 4.78 is 5.44. The van der Waals surface area contributed by atoms with Crippen molar-refractivity contribution in [3.05, 3.63) is 17.8 Å². The normalized spacial score (nSPS) is 9.88. The molecule has 1 rings (SSSR count). The Morgan fingerprint density at radius 1 is 1.24 bits per heavy atom. The van der Waals surface area contributed by atoms with Gasteiger partial charge in [0.25, 0.3) is 5.88 Å². The molecule has 4 heteroatoms. The summed E-state index contributed by atoms with van der Waals surface area (Å²) >= 11 is 0. The summed E-state index contributed by atoms with van der Waals surface area (Å²) in [4.78, 5) is 0. The number of ether oxygens (including phenoxy) is 1. The van der Waals surface area contributed by atoms with Crippen molar-refractivity contribution in [1.29, 1.82) is 5.26 Å². The number of rotatable bonds is 8. The van der Waals surface area contributed by atoms with Crippen LogP contribution in [0.4, 0.5) is 0 Å². The first-order chi connectivity index (χ1) is 8.38. The average molecular weight is 233 g/mol. The fourth-order valence-electron chi connectivity index (χ4n) is 1.56. The molecule has 0 saturated heterocycles. The van der Waals surface area contributed by atoms with E-state index in [0.717, 1.165) is 6.42 Å². The Labute approximate surface area is 103 Å². The maximum absolute atomic E-state index is 8.82. The van der Waals surface area contributed by atoms with Crippen molar-refractivity contribution in [2.24, 2.45) is 0 Å². The summed E-state index contributed by atoms with van der Waals surface area (Å²) in [5.74, 6) is 0.351. The smallest absolute Gasteiger partial charge is 0.251 e. The minimum atomic E-state index is 0.351. The molecule has 4 nitrogen and oxygen atoms in total. The lowest BCUT2D eigenvalue weighted by Gasteiger charge is -2.05. The second-order valence-electron chi connectivity index (χ2n) is 3.98. The molecule has 0 unspecified atom stereocenters. The quantitative estimate of drug-likeness (QED) is 0.647. The lowest BCUT2D eigenvalue weighted by atomic mass is 10.1. The molecule has 92 valence electrons. The van der Waals surface area contributed by atoms with Crippen LogP contribution in [0.2, 0.25) is 0 Å². The van der Waals surface area contributed by atoms with Gasteiger partial charge in [-0.15, -0.1) is 5.10 Å². The molecule has 1 heterocycles. The van der Waals surface area contributed by atoms with Gasteiger partial charge < -0.3 is 4.74 Å². The SMILES string of the molecule is CCCCCCCCOc1nnccc1C#N. The van der Waals surface area contributed by atoms with Gasteiger partial charge >= 0.3 is 0 Å². The first kappa shape index (κ1) is 13.4. The van der Waals surface area contributed by atoms with Crippen LogP contribution in [-0.2, 0) is 0 Å². The van der Waals surface area contributed by atoms with E-state index in [0.29, 0.717) is 18.1 Å². The highest BCUT2D eigenvalue weighted by molar-refractivity contribution is 5.35. The van der Waals surface area contributed by atoms with Gasteiger partial charge in [0, 0.05) is 0 Å². The first-order valence-corrected chi connectivity index (χ1v) is 6.23. The zero-order chi connectivity index (χ0) is 12.3. The van der Waals surface area contributed by atoms with Gasteiger partial charge in [-0.3, -0.25) is 0 Å². The van der Waals surface area contributed by atoms with E-state index in [2.05, 4.69) is 17.1 Å². The third-order valence-electron chi connectivity index (χ3n) is 2.54. The highest BCUT2D eigenvalue weighted by Crippen LogP contribution is 2.12. The number of aromatic nitrogens is 2. The zero-order valence-electron chi connectivity index (χ0n) is 10.4. The summed E-state index contributed by atoms with van der Waals surface area (Å²) in [6, 6.07) is 3.65. The van der Waals surface area contributed by atoms with E-state index < -0.39 is 0 Å². The second kappa shape index (κ2) is 8.51. The van der Waals surface area contributed by atoms with E-state index in [9.17, 15) is 0 Å². The molecule has 0 aliphatic heterocycles. The molecule has 0 aromatic carbocycles. The highest BCUT2D eigenvalue weighted by Gasteiger charge is 2.03. The van der Waals surface area contributed by atoms with E-state index in [1.807, 2.05) is 6.07 Å². The molecule has 0 radical (unpaired) electrons. The maximum Gasteiger partial charge on any atom is 0.251 e. The summed E-state index contributed by atoms with van der Waals surface area (Å²) in [6.07, 6.45) is 8.79. The largest absolute Gasteiger partial charge is 0.476 e. The van der Waals surface area contributed by atoms with Crippen molar-refractivity contribution in [2.45, 2.75) is 45.4 Å². The van der Waals surface area contributed by atoms with E-state index >= 15 is 0 Å². The van der Waals surface area contributed by atoms with Crippen molar-refractivity contribution in [2.75, 3.05) is 6.61 Å². The molecule has 0 atom stereocenters. The number of hydrogen-bond acceptors (Lipinski definition) is 4. The van der Waals surface area contributed by atoms with Gasteiger partial charge in [0.2, 0.25) is 0 Å². The van der Waals surface area contributed by atoms with Crippen LogP contribution < -0.4 is 4.74 Å². The third kappa shape index (κ3) is 5.30. The maximum atomic E-state index is 8.82. The predicted octanol–water partition coefficient (Wildman–Crippen LogP) is 3.09. The summed E-state index contributed by atoms with van der Waals surface area (Å²) in [5.41, 5.74) is 0.450. The highest BCUT2D eigenvalue weighted by atomic mass is 16.5. The third-order valence-corrected chi connectivity index (χ3v) is 2.54. The average Bonchev–Trinajstić information content (AvgIpc) is 2.38. The minimum Gasteiger partial charge on any atom is -0.476 e. The molecule has 0 N–H and O–H groups in total. The van der Waals surface area contributed by atoms with Gasteiger partial charge in [-0.2, -0.15) is 10.4 Å². The van der Waals surface area contributed by atoms with Gasteiger partial charge in [-0.25, -0.2) is 0 Å². The molecule has 0 aliphatic rings. The zero-order valence-corrected chi connectivity index (χ0v) is 10.4. The molecule has 0 saturated carbocycles. The molecular formula is C13H19N3O. The molecule has 0 spiro atoms. The number of nitrogens with zero attached hydrogens (tertiary/aromatic N) is 3. The monoisotopic (exact) mass is 233 g/mol. The van der Waals surface area contributed by atoms with Crippen molar-refractivity contribution < 1.29 is 4.74 Å². The summed E-state index contributed by atoms with van der Waals surface area (Å²) in [5, 5.41) is 16.3. The van der Waals surface area contributed by atoms with Crippen LogP contribution in [0, 0.1) is 11.3 Å². The molecular weight excluding hydrogens is 214 g/mol. The molecule has 0 amide bonds. The van der Waals surface area contributed by atoms with Crippen LogP contribution in [0.15, 0.2) is 12.3 Å². The molecule has 1 aromatic rings.